The van der Waals surface area contributed by atoms with Gasteiger partial charge in [-0.1, -0.05) is 52.3 Å². The van der Waals surface area contributed by atoms with Crippen molar-refractivity contribution in [2.24, 2.45) is 0 Å². The second kappa shape index (κ2) is 9.24. The number of amides is 1. The molecule has 3 aromatic rings. The number of aliphatic hydroxyl groups is 1. The first-order chi connectivity index (χ1) is 15.8. The summed E-state index contributed by atoms with van der Waals surface area (Å²) < 4.78 is 6.73. The van der Waals surface area contributed by atoms with Gasteiger partial charge in [-0.2, -0.15) is 0 Å². The molecule has 1 saturated heterocycles. The average molecular weight is 506 g/mol. The highest BCUT2D eigenvalue weighted by atomic mass is 79.9. The van der Waals surface area contributed by atoms with Gasteiger partial charge in [0.1, 0.15) is 11.5 Å². The molecule has 5 nitrogen and oxygen atoms in total. The van der Waals surface area contributed by atoms with Crippen LogP contribution in [0.4, 0.5) is 5.69 Å². The van der Waals surface area contributed by atoms with E-state index in [4.69, 9.17) is 4.74 Å². The molecule has 1 fully saturated rings. The molecule has 0 aromatic heterocycles. The number of para-hydroxylation sites is 1. The van der Waals surface area contributed by atoms with Crippen LogP contribution in [0.3, 0.4) is 0 Å². The van der Waals surface area contributed by atoms with Gasteiger partial charge in [0.2, 0.25) is 0 Å². The van der Waals surface area contributed by atoms with Gasteiger partial charge in [0.15, 0.2) is 0 Å². The Morgan fingerprint density at radius 3 is 2.39 bits per heavy atom. The van der Waals surface area contributed by atoms with Crippen LogP contribution in [0, 0.1) is 6.92 Å². The Kier molecular flexibility index (Phi) is 6.38. The molecule has 1 aliphatic heterocycles. The molecule has 168 valence electrons. The Bertz CT molecular complexity index is 1250. The number of benzene rings is 3. The quantitative estimate of drug-likeness (QED) is 0.255. The van der Waals surface area contributed by atoms with Crippen molar-refractivity contribution in [1.29, 1.82) is 0 Å². The van der Waals surface area contributed by atoms with Gasteiger partial charge in [-0.25, -0.2) is 0 Å². The fourth-order valence-electron chi connectivity index (χ4n) is 3.98. The molecule has 1 heterocycles. The molecule has 1 atom stereocenters. The first-order valence-corrected chi connectivity index (χ1v) is 11.5. The maximum atomic E-state index is 13.3. The number of aryl methyl sites for hydroxylation is 1. The van der Waals surface area contributed by atoms with Gasteiger partial charge in [0.25, 0.3) is 11.7 Å². The van der Waals surface area contributed by atoms with E-state index in [1.807, 2.05) is 69.3 Å². The fourth-order valence-corrected chi connectivity index (χ4v) is 4.23. The van der Waals surface area contributed by atoms with Gasteiger partial charge in [-0.3, -0.25) is 14.5 Å². The topological polar surface area (TPSA) is 66.8 Å². The van der Waals surface area contributed by atoms with E-state index in [1.165, 1.54) is 4.90 Å². The monoisotopic (exact) mass is 505 g/mol. The van der Waals surface area contributed by atoms with Crippen LogP contribution in [0.25, 0.3) is 5.76 Å². The number of rotatable bonds is 5. The van der Waals surface area contributed by atoms with Crippen molar-refractivity contribution in [2.45, 2.75) is 32.9 Å². The molecule has 1 aliphatic rings. The number of carbonyl (C=O) groups excluding carboxylic acids is 2. The Hall–Kier alpha value is -3.38. The van der Waals surface area contributed by atoms with Crippen molar-refractivity contribution in [1.82, 2.24) is 0 Å². The molecule has 0 aliphatic carbocycles. The predicted molar refractivity (Wildman–Crippen MR) is 132 cm³/mol. The van der Waals surface area contributed by atoms with E-state index in [9.17, 15) is 14.7 Å². The molecule has 3 aromatic carbocycles. The van der Waals surface area contributed by atoms with Gasteiger partial charge in [0.05, 0.1) is 17.7 Å². The molecule has 1 N–H and O–H groups in total. The summed E-state index contributed by atoms with van der Waals surface area (Å²) in [5.41, 5.74) is 2.67. The number of ketones is 1. The maximum Gasteiger partial charge on any atom is 0.300 e. The number of hydrogen-bond acceptors (Lipinski definition) is 4. The number of aliphatic hydroxyl groups excluding tert-OH is 1. The van der Waals surface area contributed by atoms with Gasteiger partial charge >= 0.3 is 0 Å². The summed E-state index contributed by atoms with van der Waals surface area (Å²) in [6.07, 6.45) is -0.0357. The van der Waals surface area contributed by atoms with Crippen molar-refractivity contribution >= 4 is 39.1 Å². The van der Waals surface area contributed by atoms with Crippen LogP contribution in [0.2, 0.25) is 0 Å². The molecule has 1 unspecified atom stereocenters. The molecule has 4 rings (SSSR count). The molecular formula is C27H24BrNO4. The van der Waals surface area contributed by atoms with Gasteiger partial charge in [-0.15, -0.1) is 0 Å². The van der Waals surface area contributed by atoms with Crippen molar-refractivity contribution in [2.75, 3.05) is 4.90 Å². The second-order valence-corrected chi connectivity index (χ2v) is 9.06. The lowest BCUT2D eigenvalue weighted by Crippen LogP contribution is -2.29. The number of Topliss-reactive ketones (excluding diaryl/α,β-unsaturated/α-hetero) is 1. The van der Waals surface area contributed by atoms with Gasteiger partial charge in [0, 0.05) is 15.7 Å². The maximum absolute atomic E-state index is 13.3. The zero-order chi connectivity index (χ0) is 23.7. The van der Waals surface area contributed by atoms with E-state index >= 15 is 0 Å². The standard InChI is InChI=1S/C27H24BrNO4/c1-16(2)33-21-11-7-8-18(15-21)24-23(25(30)19-12-13-22(28)17(3)14-19)26(31)27(32)29(24)20-9-5-4-6-10-20/h4-16,24,30H,1-3H3/b25-23-. The highest BCUT2D eigenvalue weighted by molar-refractivity contribution is 9.10. The summed E-state index contributed by atoms with van der Waals surface area (Å²) in [7, 11) is 0. The van der Waals surface area contributed by atoms with E-state index in [0.717, 1.165) is 10.0 Å². The number of ether oxygens (including phenoxy) is 1. The molecule has 0 radical (unpaired) electrons. The van der Waals surface area contributed by atoms with E-state index in [2.05, 4.69) is 15.9 Å². The normalized spacial score (nSPS) is 17.6. The molecule has 0 bridgehead atoms. The number of nitrogens with zero attached hydrogens (tertiary/aromatic N) is 1. The zero-order valence-electron chi connectivity index (χ0n) is 18.6. The van der Waals surface area contributed by atoms with Crippen molar-refractivity contribution in [3.05, 3.63) is 99.5 Å². The predicted octanol–water partition coefficient (Wildman–Crippen LogP) is 6.17. The van der Waals surface area contributed by atoms with Crippen LogP contribution < -0.4 is 9.64 Å². The minimum atomic E-state index is -0.799. The molecule has 1 amide bonds. The highest BCUT2D eigenvalue weighted by Gasteiger charge is 2.47. The summed E-state index contributed by atoms with van der Waals surface area (Å²) in [5, 5.41) is 11.3. The van der Waals surface area contributed by atoms with E-state index < -0.39 is 17.7 Å². The largest absolute Gasteiger partial charge is 0.507 e. The first-order valence-electron chi connectivity index (χ1n) is 10.7. The van der Waals surface area contributed by atoms with Crippen LogP contribution in [0.1, 0.15) is 36.6 Å². The molecule has 0 saturated carbocycles. The lowest BCUT2D eigenvalue weighted by atomic mass is 9.94. The van der Waals surface area contributed by atoms with E-state index in [-0.39, 0.29) is 17.4 Å². The number of hydrogen-bond donors (Lipinski definition) is 1. The van der Waals surface area contributed by atoms with Crippen molar-refractivity contribution in [3.8, 4) is 5.75 Å². The van der Waals surface area contributed by atoms with E-state index in [1.54, 1.807) is 24.3 Å². The average Bonchev–Trinajstić information content (AvgIpc) is 3.06. The van der Waals surface area contributed by atoms with Crippen molar-refractivity contribution in [3.63, 3.8) is 0 Å². The Morgan fingerprint density at radius 1 is 1.00 bits per heavy atom. The highest BCUT2D eigenvalue weighted by Crippen LogP contribution is 2.43. The third-order valence-corrected chi connectivity index (χ3v) is 6.35. The van der Waals surface area contributed by atoms with Crippen LogP contribution in [-0.4, -0.2) is 22.9 Å². The summed E-state index contributed by atoms with van der Waals surface area (Å²) in [6.45, 7) is 5.75. The van der Waals surface area contributed by atoms with Crippen molar-refractivity contribution < 1.29 is 19.4 Å². The fraction of sp³-hybridized carbons (Fsp3) is 0.185. The van der Waals surface area contributed by atoms with Crippen LogP contribution in [0.15, 0.2) is 82.8 Å². The summed E-state index contributed by atoms with van der Waals surface area (Å²) in [6, 6.07) is 20.8. The third-order valence-electron chi connectivity index (χ3n) is 5.46. The van der Waals surface area contributed by atoms with Gasteiger partial charge < -0.3 is 9.84 Å². The summed E-state index contributed by atoms with van der Waals surface area (Å²) >= 11 is 3.46. The number of halogens is 1. The van der Waals surface area contributed by atoms with Gasteiger partial charge in [-0.05, 0) is 68.3 Å². The zero-order valence-corrected chi connectivity index (χ0v) is 20.2. The summed E-state index contributed by atoms with van der Waals surface area (Å²) in [5.74, 6) is -0.989. The molecule has 33 heavy (non-hydrogen) atoms. The number of anilines is 1. The number of carbonyl (C=O) groups is 2. The lowest BCUT2D eigenvalue weighted by molar-refractivity contribution is -0.132. The SMILES string of the molecule is Cc1cc(/C(O)=C2/C(=O)C(=O)N(c3ccccc3)C2c2cccc(OC(C)C)c2)ccc1Br. The summed E-state index contributed by atoms with van der Waals surface area (Å²) in [4.78, 5) is 27.9. The second-order valence-electron chi connectivity index (χ2n) is 8.21. The van der Waals surface area contributed by atoms with Crippen LogP contribution in [-0.2, 0) is 9.59 Å². The smallest absolute Gasteiger partial charge is 0.300 e. The Labute approximate surface area is 201 Å². The lowest BCUT2D eigenvalue weighted by Gasteiger charge is -2.26. The first kappa shape index (κ1) is 22.8. The minimum Gasteiger partial charge on any atom is -0.507 e. The third kappa shape index (κ3) is 4.44. The van der Waals surface area contributed by atoms with Crippen LogP contribution in [0.5, 0.6) is 5.75 Å². The minimum absolute atomic E-state index is 0.0357. The van der Waals surface area contributed by atoms with Crippen LogP contribution >= 0.6 is 15.9 Å². The molecular weight excluding hydrogens is 482 g/mol. The molecule has 6 heteroatoms. The van der Waals surface area contributed by atoms with E-state index in [0.29, 0.717) is 22.6 Å². The Balaban J connectivity index is 1.93. The Morgan fingerprint density at radius 2 is 1.73 bits per heavy atom. The molecule has 0 spiro atoms.